The first-order valence-corrected chi connectivity index (χ1v) is 7.99. The van der Waals surface area contributed by atoms with Crippen LogP contribution in [-0.4, -0.2) is 23.5 Å². The number of nitrogens with zero attached hydrogens (tertiary/aromatic N) is 2. The number of aryl methyl sites for hydroxylation is 1. The Morgan fingerprint density at radius 2 is 1.72 bits per heavy atom. The second-order valence-corrected chi connectivity index (χ2v) is 5.80. The number of rotatable bonds is 8. The number of carboxylic acids is 1. The minimum atomic E-state index is -0.808. The molecule has 0 heterocycles. The summed E-state index contributed by atoms with van der Waals surface area (Å²) in [7, 11) is 0. The molecule has 25 heavy (non-hydrogen) atoms. The standard InChI is InChI=1S/C19H22N4O2/c20-22-12-15-6-4-14(5-7-15)8-9-18(11-19(24)25)17-3-1-2-16(10-17)13-23-21/h1-7,10,12-13,18H,8-9,11,20-21H2,(H,24,25). The van der Waals surface area contributed by atoms with Crippen molar-refractivity contribution in [2.45, 2.75) is 25.2 Å². The molecule has 1 atom stereocenters. The molecule has 0 aromatic heterocycles. The van der Waals surface area contributed by atoms with Gasteiger partial charge in [0.25, 0.3) is 0 Å². The van der Waals surface area contributed by atoms with Gasteiger partial charge in [0.2, 0.25) is 0 Å². The fourth-order valence-corrected chi connectivity index (χ4v) is 2.77. The van der Waals surface area contributed by atoms with Crippen molar-refractivity contribution in [1.29, 1.82) is 0 Å². The van der Waals surface area contributed by atoms with Crippen LogP contribution >= 0.6 is 0 Å². The Balaban J connectivity index is 2.12. The lowest BCUT2D eigenvalue weighted by atomic mass is 9.89. The van der Waals surface area contributed by atoms with E-state index in [4.69, 9.17) is 11.7 Å². The number of hydrazone groups is 2. The Kier molecular flexibility index (Phi) is 6.71. The van der Waals surface area contributed by atoms with Crippen molar-refractivity contribution in [2.75, 3.05) is 0 Å². The molecule has 0 fully saturated rings. The van der Waals surface area contributed by atoms with Gasteiger partial charge in [0.05, 0.1) is 18.9 Å². The summed E-state index contributed by atoms with van der Waals surface area (Å²) in [6, 6.07) is 15.6. The van der Waals surface area contributed by atoms with Crippen LogP contribution in [0.4, 0.5) is 0 Å². The zero-order valence-corrected chi connectivity index (χ0v) is 13.9. The van der Waals surface area contributed by atoms with Gasteiger partial charge in [-0.15, -0.1) is 0 Å². The monoisotopic (exact) mass is 338 g/mol. The van der Waals surface area contributed by atoms with Gasteiger partial charge < -0.3 is 16.8 Å². The molecule has 5 N–H and O–H groups in total. The molecule has 0 aliphatic carbocycles. The van der Waals surface area contributed by atoms with E-state index in [1.807, 2.05) is 48.5 Å². The van der Waals surface area contributed by atoms with Gasteiger partial charge in [-0.05, 0) is 47.1 Å². The average molecular weight is 338 g/mol. The molecule has 0 amide bonds. The van der Waals surface area contributed by atoms with E-state index in [1.54, 1.807) is 12.4 Å². The van der Waals surface area contributed by atoms with E-state index < -0.39 is 5.97 Å². The number of aliphatic carboxylic acids is 1. The summed E-state index contributed by atoms with van der Waals surface area (Å²) in [5.41, 5.74) is 3.92. The van der Waals surface area contributed by atoms with E-state index in [0.29, 0.717) is 0 Å². The van der Waals surface area contributed by atoms with Crippen LogP contribution in [-0.2, 0) is 11.2 Å². The predicted molar refractivity (Wildman–Crippen MR) is 99.8 cm³/mol. The predicted octanol–water partition coefficient (Wildman–Crippen LogP) is 2.46. The molecule has 0 aliphatic rings. The van der Waals surface area contributed by atoms with Crippen LogP contribution in [0.2, 0.25) is 0 Å². The third kappa shape index (κ3) is 5.76. The fraction of sp³-hybridized carbons (Fsp3) is 0.211. The van der Waals surface area contributed by atoms with Gasteiger partial charge in [0, 0.05) is 0 Å². The first-order chi connectivity index (χ1) is 12.1. The number of hydrogen-bond acceptors (Lipinski definition) is 5. The molecule has 2 rings (SSSR count). The second-order valence-electron chi connectivity index (χ2n) is 5.80. The SMILES string of the molecule is NN=Cc1ccc(CCC(CC(=O)O)c2cccc(C=NN)c2)cc1. The Bertz CT molecular complexity index is 754. The van der Waals surface area contributed by atoms with Crippen molar-refractivity contribution in [3.63, 3.8) is 0 Å². The van der Waals surface area contributed by atoms with Crippen molar-refractivity contribution < 1.29 is 9.90 Å². The van der Waals surface area contributed by atoms with Crippen LogP contribution in [0.3, 0.4) is 0 Å². The van der Waals surface area contributed by atoms with E-state index in [9.17, 15) is 9.90 Å². The largest absolute Gasteiger partial charge is 0.481 e. The minimum absolute atomic E-state index is 0.0751. The van der Waals surface area contributed by atoms with Crippen molar-refractivity contribution in [3.05, 3.63) is 70.8 Å². The van der Waals surface area contributed by atoms with Gasteiger partial charge in [-0.25, -0.2) is 0 Å². The van der Waals surface area contributed by atoms with E-state index in [1.165, 1.54) is 0 Å². The van der Waals surface area contributed by atoms with Crippen LogP contribution in [0.15, 0.2) is 58.7 Å². The van der Waals surface area contributed by atoms with E-state index >= 15 is 0 Å². The molecule has 130 valence electrons. The van der Waals surface area contributed by atoms with Gasteiger partial charge in [0.15, 0.2) is 0 Å². The van der Waals surface area contributed by atoms with Crippen molar-refractivity contribution >= 4 is 18.4 Å². The van der Waals surface area contributed by atoms with Crippen LogP contribution in [0.5, 0.6) is 0 Å². The van der Waals surface area contributed by atoms with E-state index in [2.05, 4.69) is 10.2 Å². The zero-order valence-electron chi connectivity index (χ0n) is 13.9. The van der Waals surface area contributed by atoms with Crippen molar-refractivity contribution in [3.8, 4) is 0 Å². The molecule has 6 nitrogen and oxygen atoms in total. The number of nitrogens with two attached hydrogens (primary N) is 2. The average Bonchev–Trinajstić information content (AvgIpc) is 2.60. The van der Waals surface area contributed by atoms with E-state index in [-0.39, 0.29) is 12.3 Å². The maximum Gasteiger partial charge on any atom is 0.303 e. The van der Waals surface area contributed by atoms with Crippen molar-refractivity contribution in [2.24, 2.45) is 21.9 Å². The lowest BCUT2D eigenvalue weighted by Gasteiger charge is -2.16. The fourth-order valence-electron chi connectivity index (χ4n) is 2.77. The molecular formula is C19H22N4O2. The highest BCUT2D eigenvalue weighted by atomic mass is 16.4. The summed E-state index contributed by atoms with van der Waals surface area (Å²) in [5, 5.41) is 16.3. The number of carbonyl (C=O) groups is 1. The number of benzene rings is 2. The van der Waals surface area contributed by atoms with Gasteiger partial charge in [0.1, 0.15) is 0 Å². The highest BCUT2D eigenvalue weighted by Gasteiger charge is 2.16. The van der Waals surface area contributed by atoms with Crippen LogP contribution in [0.1, 0.15) is 41.0 Å². The molecule has 2 aromatic rings. The molecule has 0 aliphatic heterocycles. The Hall–Kier alpha value is -3.15. The lowest BCUT2D eigenvalue weighted by Crippen LogP contribution is -2.08. The normalized spacial score (nSPS) is 12.6. The Labute approximate surface area is 146 Å². The molecule has 0 spiro atoms. The molecule has 0 saturated carbocycles. The summed E-state index contributed by atoms with van der Waals surface area (Å²) in [5.74, 6) is 9.45. The highest BCUT2D eigenvalue weighted by molar-refractivity contribution is 5.80. The molecular weight excluding hydrogens is 316 g/mol. The van der Waals surface area contributed by atoms with Crippen LogP contribution in [0, 0.1) is 0 Å². The zero-order chi connectivity index (χ0) is 18.1. The molecule has 0 bridgehead atoms. The van der Waals surface area contributed by atoms with Gasteiger partial charge >= 0.3 is 5.97 Å². The molecule has 0 radical (unpaired) electrons. The maximum absolute atomic E-state index is 11.2. The second kappa shape index (κ2) is 9.22. The smallest absolute Gasteiger partial charge is 0.303 e. The van der Waals surface area contributed by atoms with Crippen molar-refractivity contribution in [1.82, 2.24) is 0 Å². The van der Waals surface area contributed by atoms with Gasteiger partial charge in [-0.3, -0.25) is 4.79 Å². The molecule has 1 unspecified atom stereocenters. The topological polar surface area (TPSA) is 114 Å². The number of hydrogen-bond donors (Lipinski definition) is 3. The van der Waals surface area contributed by atoms with E-state index in [0.717, 1.165) is 35.1 Å². The maximum atomic E-state index is 11.2. The summed E-state index contributed by atoms with van der Waals surface area (Å²) < 4.78 is 0. The summed E-state index contributed by atoms with van der Waals surface area (Å²) in [6.45, 7) is 0. The summed E-state index contributed by atoms with van der Waals surface area (Å²) in [4.78, 5) is 11.2. The first kappa shape index (κ1) is 18.2. The first-order valence-electron chi connectivity index (χ1n) is 7.99. The minimum Gasteiger partial charge on any atom is -0.481 e. The van der Waals surface area contributed by atoms with Crippen LogP contribution < -0.4 is 11.7 Å². The highest BCUT2D eigenvalue weighted by Crippen LogP contribution is 2.26. The molecule has 0 saturated heterocycles. The Morgan fingerprint density at radius 3 is 2.36 bits per heavy atom. The van der Waals surface area contributed by atoms with Gasteiger partial charge in [-0.2, -0.15) is 10.2 Å². The van der Waals surface area contributed by atoms with Gasteiger partial charge in [-0.1, -0.05) is 42.5 Å². The van der Waals surface area contributed by atoms with Crippen LogP contribution in [0.25, 0.3) is 0 Å². The quantitative estimate of drug-likeness (QED) is 0.389. The number of carboxylic acid groups (broad SMARTS) is 1. The third-order valence-electron chi connectivity index (χ3n) is 4.01. The Morgan fingerprint density at radius 1 is 1.04 bits per heavy atom. The summed E-state index contributed by atoms with van der Waals surface area (Å²) in [6.07, 6.45) is 4.74. The summed E-state index contributed by atoms with van der Waals surface area (Å²) >= 11 is 0. The molecule has 2 aromatic carbocycles. The molecule has 6 heteroatoms. The third-order valence-corrected chi connectivity index (χ3v) is 4.01. The lowest BCUT2D eigenvalue weighted by molar-refractivity contribution is -0.137.